The summed E-state index contributed by atoms with van der Waals surface area (Å²) in [6, 6.07) is 9.40. The number of aliphatic carboxylic acids is 1. The molecule has 2 rings (SSSR count). The molecule has 1 aliphatic rings. The molecular formula is C15H19NO4. The highest BCUT2D eigenvalue weighted by atomic mass is 16.6. The van der Waals surface area contributed by atoms with Gasteiger partial charge < -0.3 is 14.7 Å². The van der Waals surface area contributed by atoms with Crippen LogP contribution in [0.3, 0.4) is 0 Å². The summed E-state index contributed by atoms with van der Waals surface area (Å²) in [6.45, 7) is 4.32. The Hall–Kier alpha value is -2.04. The maximum absolute atomic E-state index is 12.0. The van der Waals surface area contributed by atoms with Gasteiger partial charge in [0.15, 0.2) is 0 Å². The first-order valence-electron chi connectivity index (χ1n) is 6.62. The number of rotatable bonds is 3. The molecule has 1 aromatic carbocycles. The number of hydrogen-bond donors (Lipinski definition) is 1. The van der Waals surface area contributed by atoms with Crippen LogP contribution in [0.1, 0.15) is 19.4 Å². The molecule has 1 saturated heterocycles. The molecule has 0 spiro atoms. The second kappa shape index (κ2) is 5.53. The van der Waals surface area contributed by atoms with Gasteiger partial charge in [-0.05, 0) is 18.4 Å². The second-order valence-corrected chi connectivity index (χ2v) is 5.54. The second-order valence-electron chi connectivity index (χ2n) is 5.54. The number of likely N-dealkylation sites (tertiary alicyclic amines) is 1. The summed E-state index contributed by atoms with van der Waals surface area (Å²) in [5, 5.41) is 9.27. The lowest BCUT2D eigenvalue weighted by Crippen LogP contribution is -2.36. The number of amides is 1. The van der Waals surface area contributed by atoms with Crippen molar-refractivity contribution < 1.29 is 19.4 Å². The van der Waals surface area contributed by atoms with Crippen molar-refractivity contribution >= 4 is 12.1 Å². The van der Waals surface area contributed by atoms with Gasteiger partial charge in [0.2, 0.25) is 0 Å². The Morgan fingerprint density at radius 2 is 2.05 bits per heavy atom. The normalized spacial score (nSPS) is 25.5. The number of benzene rings is 1. The van der Waals surface area contributed by atoms with E-state index < -0.39 is 17.5 Å². The summed E-state index contributed by atoms with van der Waals surface area (Å²) in [4.78, 5) is 24.8. The minimum atomic E-state index is -0.897. The average molecular weight is 277 g/mol. The van der Waals surface area contributed by atoms with Crippen molar-refractivity contribution in [3.63, 3.8) is 0 Å². The molecule has 1 aromatic rings. The predicted molar refractivity (Wildman–Crippen MR) is 73.1 cm³/mol. The average Bonchev–Trinajstić information content (AvgIpc) is 2.75. The molecule has 0 bridgehead atoms. The van der Waals surface area contributed by atoms with Gasteiger partial charge in [0.25, 0.3) is 0 Å². The van der Waals surface area contributed by atoms with Crippen molar-refractivity contribution in [3.05, 3.63) is 35.9 Å². The maximum Gasteiger partial charge on any atom is 0.410 e. The summed E-state index contributed by atoms with van der Waals surface area (Å²) in [6.07, 6.45) is -0.453. The minimum absolute atomic E-state index is 0.0933. The first-order chi connectivity index (χ1) is 9.43. The molecule has 5 nitrogen and oxygen atoms in total. The lowest BCUT2D eigenvalue weighted by atomic mass is 9.81. The largest absolute Gasteiger partial charge is 0.481 e. The van der Waals surface area contributed by atoms with Gasteiger partial charge in [-0.15, -0.1) is 0 Å². The minimum Gasteiger partial charge on any atom is -0.481 e. The third kappa shape index (κ3) is 2.76. The van der Waals surface area contributed by atoms with Crippen LogP contribution in [0.15, 0.2) is 30.3 Å². The van der Waals surface area contributed by atoms with Crippen LogP contribution < -0.4 is 0 Å². The van der Waals surface area contributed by atoms with Gasteiger partial charge in [0.05, 0.1) is 5.41 Å². The van der Waals surface area contributed by atoms with Crippen LogP contribution in [0.5, 0.6) is 0 Å². The van der Waals surface area contributed by atoms with Gasteiger partial charge in [0, 0.05) is 13.1 Å². The van der Waals surface area contributed by atoms with E-state index >= 15 is 0 Å². The summed E-state index contributed by atoms with van der Waals surface area (Å²) in [5.41, 5.74) is 0.0141. The smallest absolute Gasteiger partial charge is 0.410 e. The van der Waals surface area contributed by atoms with E-state index in [4.69, 9.17) is 4.74 Å². The van der Waals surface area contributed by atoms with Crippen LogP contribution >= 0.6 is 0 Å². The summed E-state index contributed by atoms with van der Waals surface area (Å²) in [5.74, 6) is -0.965. The standard InChI is InChI=1S/C15H19NO4/c1-11-8-16(10-15(11,2)13(17)18)14(19)20-9-12-6-4-3-5-7-12/h3-7,11H,8-10H2,1-2H3,(H,17,18)/t11-,15-/m0/s1. The first kappa shape index (κ1) is 14.4. The quantitative estimate of drug-likeness (QED) is 0.921. The van der Waals surface area contributed by atoms with E-state index in [1.54, 1.807) is 6.92 Å². The molecule has 1 N–H and O–H groups in total. The molecule has 5 heteroatoms. The zero-order valence-corrected chi connectivity index (χ0v) is 11.7. The highest BCUT2D eigenvalue weighted by Crippen LogP contribution is 2.35. The maximum atomic E-state index is 12.0. The Labute approximate surface area is 118 Å². The molecule has 1 heterocycles. The highest BCUT2D eigenvalue weighted by Gasteiger charge is 2.48. The fourth-order valence-electron chi connectivity index (χ4n) is 2.38. The number of carbonyl (C=O) groups is 2. The SMILES string of the molecule is C[C@H]1CN(C(=O)OCc2ccccc2)C[C@]1(C)C(=O)O. The van der Waals surface area contributed by atoms with E-state index in [1.165, 1.54) is 4.90 Å². The molecule has 1 fully saturated rings. The first-order valence-corrected chi connectivity index (χ1v) is 6.62. The van der Waals surface area contributed by atoms with Gasteiger partial charge in [-0.25, -0.2) is 4.79 Å². The summed E-state index contributed by atoms with van der Waals surface area (Å²) < 4.78 is 5.23. The van der Waals surface area contributed by atoms with Gasteiger partial charge in [-0.2, -0.15) is 0 Å². The third-order valence-corrected chi connectivity index (χ3v) is 4.05. The van der Waals surface area contributed by atoms with Crippen molar-refractivity contribution in [3.8, 4) is 0 Å². The van der Waals surface area contributed by atoms with E-state index in [9.17, 15) is 14.7 Å². The molecule has 20 heavy (non-hydrogen) atoms. The fourth-order valence-corrected chi connectivity index (χ4v) is 2.38. The van der Waals surface area contributed by atoms with Crippen molar-refractivity contribution in [2.75, 3.05) is 13.1 Å². The van der Waals surface area contributed by atoms with Gasteiger partial charge in [0.1, 0.15) is 6.61 Å². The van der Waals surface area contributed by atoms with E-state index in [2.05, 4.69) is 0 Å². The Morgan fingerprint density at radius 3 is 2.60 bits per heavy atom. The summed E-state index contributed by atoms with van der Waals surface area (Å²) in [7, 11) is 0. The Kier molecular flexibility index (Phi) is 3.97. The topological polar surface area (TPSA) is 66.8 Å². The summed E-state index contributed by atoms with van der Waals surface area (Å²) >= 11 is 0. The van der Waals surface area contributed by atoms with E-state index in [0.29, 0.717) is 6.54 Å². The van der Waals surface area contributed by atoms with E-state index in [1.807, 2.05) is 37.3 Å². The highest BCUT2D eigenvalue weighted by molar-refractivity contribution is 5.77. The zero-order chi connectivity index (χ0) is 14.8. The predicted octanol–water partition coefficient (Wildman–Crippen LogP) is 2.37. The number of carboxylic acid groups (broad SMARTS) is 1. The van der Waals surface area contributed by atoms with Crippen LogP contribution in [0.4, 0.5) is 4.79 Å². The number of carboxylic acids is 1. The molecule has 0 unspecified atom stereocenters. The fraction of sp³-hybridized carbons (Fsp3) is 0.467. The van der Waals surface area contributed by atoms with E-state index in [0.717, 1.165) is 5.56 Å². The van der Waals surface area contributed by atoms with Crippen LogP contribution in [0.2, 0.25) is 0 Å². The molecule has 1 amide bonds. The van der Waals surface area contributed by atoms with Gasteiger partial charge >= 0.3 is 12.1 Å². The lowest BCUT2D eigenvalue weighted by Gasteiger charge is -2.22. The van der Waals surface area contributed by atoms with Crippen molar-refractivity contribution in [1.82, 2.24) is 4.90 Å². The van der Waals surface area contributed by atoms with Crippen LogP contribution in [0, 0.1) is 11.3 Å². The molecular weight excluding hydrogens is 258 g/mol. The monoisotopic (exact) mass is 277 g/mol. The van der Waals surface area contributed by atoms with Gasteiger partial charge in [-0.3, -0.25) is 4.79 Å². The van der Waals surface area contributed by atoms with Crippen molar-refractivity contribution in [1.29, 1.82) is 0 Å². The molecule has 1 aliphatic heterocycles. The van der Waals surface area contributed by atoms with Gasteiger partial charge in [-0.1, -0.05) is 37.3 Å². The van der Waals surface area contributed by atoms with E-state index in [-0.39, 0.29) is 19.1 Å². The Morgan fingerprint density at radius 1 is 1.40 bits per heavy atom. The number of hydrogen-bond acceptors (Lipinski definition) is 3. The molecule has 0 radical (unpaired) electrons. The van der Waals surface area contributed by atoms with Crippen LogP contribution in [-0.4, -0.2) is 35.2 Å². The van der Waals surface area contributed by atoms with Crippen molar-refractivity contribution in [2.45, 2.75) is 20.5 Å². The molecule has 2 atom stereocenters. The Balaban J connectivity index is 1.93. The molecule has 0 saturated carbocycles. The Bertz CT molecular complexity index is 502. The number of nitrogens with zero attached hydrogens (tertiary/aromatic N) is 1. The number of carbonyl (C=O) groups excluding carboxylic acids is 1. The zero-order valence-electron chi connectivity index (χ0n) is 11.7. The van der Waals surface area contributed by atoms with Crippen LogP contribution in [0.25, 0.3) is 0 Å². The third-order valence-electron chi connectivity index (χ3n) is 4.05. The number of ether oxygens (including phenoxy) is 1. The molecule has 0 aliphatic carbocycles. The molecule has 108 valence electrons. The van der Waals surface area contributed by atoms with Crippen molar-refractivity contribution in [2.24, 2.45) is 11.3 Å². The lowest BCUT2D eigenvalue weighted by molar-refractivity contribution is -0.148. The van der Waals surface area contributed by atoms with Crippen LogP contribution in [-0.2, 0) is 16.1 Å². The molecule has 0 aromatic heterocycles.